The Balaban J connectivity index is 1.71. The molecule has 0 N–H and O–H groups in total. The van der Waals surface area contributed by atoms with Gasteiger partial charge < -0.3 is 14.2 Å². The van der Waals surface area contributed by atoms with Crippen molar-refractivity contribution >= 4 is 23.5 Å². The molecular weight excluding hydrogens is 488 g/mol. The van der Waals surface area contributed by atoms with Gasteiger partial charge in [0.2, 0.25) is 0 Å². The topological polar surface area (TPSA) is 61.8 Å². The Morgan fingerprint density at radius 2 is 1.38 bits per heavy atom. The van der Waals surface area contributed by atoms with Gasteiger partial charge >= 0.3 is 11.9 Å². The van der Waals surface area contributed by atoms with Crippen LogP contribution in [0, 0.1) is 5.92 Å². The van der Waals surface area contributed by atoms with Crippen LogP contribution in [-0.4, -0.2) is 25.2 Å². The number of halogens is 1. The minimum atomic E-state index is -0.532. The number of carbonyl (C=O) groups is 2. The van der Waals surface area contributed by atoms with E-state index in [1.54, 1.807) is 42.5 Å². The van der Waals surface area contributed by atoms with E-state index in [0.717, 1.165) is 19.3 Å². The average Bonchev–Trinajstić information content (AvgIpc) is 2.91. The molecule has 0 heterocycles. The lowest BCUT2D eigenvalue weighted by Crippen LogP contribution is -2.12. The maximum atomic E-state index is 12.6. The van der Waals surface area contributed by atoms with E-state index in [9.17, 15) is 9.59 Å². The molecule has 0 aromatic heterocycles. The number of benzene rings is 2. The third-order valence-corrected chi connectivity index (χ3v) is 6.71. The Hall–Kier alpha value is -2.53. The van der Waals surface area contributed by atoms with Crippen molar-refractivity contribution in [2.24, 2.45) is 5.92 Å². The number of ether oxygens (including phenoxy) is 3. The zero-order valence-electron chi connectivity index (χ0n) is 22.7. The third-order valence-electron chi connectivity index (χ3n) is 6.42. The first-order chi connectivity index (χ1) is 17.9. The lowest BCUT2D eigenvalue weighted by atomic mass is 10.1. The summed E-state index contributed by atoms with van der Waals surface area (Å²) in [5, 5.41) is 0.376. The summed E-state index contributed by atoms with van der Waals surface area (Å²) < 4.78 is 16.5. The van der Waals surface area contributed by atoms with Crippen molar-refractivity contribution in [1.82, 2.24) is 0 Å². The molecule has 5 nitrogen and oxygen atoms in total. The van der Waals surface area contributed by atoms with E-state index in [0.29, 0.717) is 46.8 Å². The highest BCUT2D eigenvalue weighted by molar-refractivity contribution is 6.32. The van der Waals surface area contributed by atoms with Crippen LogP contribution >= 0.6 is 11.6 Å². The molecule has 0 saturated carbocycles. The molecule has 0 aliphatic carbocycles. The molecule has 2 rings (SSSR count). The van der Waals surface area contributed by atoms with Crippen molar-refractivity contribution in [3.8, 4) is 11.5 Å². The second-order valence-corrected chi connectivity index (χ2v) is 10.1. The van der Waals surface area contributed by atoms with Crippen molar-refractivity contribution in [1.29, 1.82) is 0 Å². The normalized spacial score (nSPS) is 11.7. The van der Waals surface area contributed by atoms with Gasteiger partial charge in [-0.3, -0.25) is 0 Å². The zero-order valence-corrected chi connectivity index (χ0v) is 23.5. The van der Waals surface area contributed by atoms with Gasteiger partial charge in [-0.1, -0.05) is 96.6 Å². The molecule has 204 valence electrons. The van der Waals surface area contributed by atoms with E-state index in [1.165, 1.54) is 51.4 Å². The second kappa shape index (κ2) is 17.8. The average molecular weight is 531 g/mol. The monoisotopic (exact) mass is 530 g/mol. The summed E-state index contributed by atoms with van der Waals surface area (Å²) in [6.07, 6.45) is 13.6. The smallest absolute Gasteiger partial charge is 0.343 e. The van der Waals surface area contributed by atoms with Crippen molar-refractivity contribution < 1.29 is 23.8 Å². The molecule has 0 bridgehead atoms. The van der Waals surface area contributed by atoms with Crippen LogP contribution in [-0.2, 0) is 4.74 Å². The van der Waals surface area contributed by atoms with E-state index in [2.05, 4.69) is 13.8 Å². The number of carbonyl (C=O) groups excluding carboxylic acids is 2. The number of hydrogen-bond acceptors (Lipinski definition) is 5. The van der Waals surface area contributed by atoms with E-state index < -0.39 is 11.9 Å². The standard InChI is InChI=1S/C31H43ClO5/c1-4-6-7-8-9-10-11-12-13-14-21-35-29-20-17-26(22-28(29)32)31(34)37-27-18-15-25(16-19-27)30(33)36-23-24(3)5-2/h15-20,22,24H,4-14,21,23H2,1-3H3. The van der Waals surface area contributed by atoms with Crippen LogP contribution in [0.2, 0.25) is 5.02 Å². The molecule has 0 aliphatic heterocycles. The number of unbranched alkanes of at least 4 members (excludes halogenated alkanes) is 9. The molecule has 0 fully saturated rings. The number of hydrogen-bond donors (Lipinski definition) is 0. The highest BCUT2D eigenvalue weighted by atomic mass is 35.5. The SMILES string of the molecule is CCCCCCCCCCCCOc1ccc(C(=O)Oc2ccc(C(=O)OCC(C)CC)cc2)cc1Cl. The van der Waals surface area contributed by atoms with Gasteiger partial charge in [0.15, 0.2) is 0 Å². The van der Waals surface area contributed by atoms with Crippen LogP contribution in [0.3, 0.4) is 0 Å². The molecule has 6 heteroatoms. The lowest BCUT2D eigenvalue weighted by molar-refractivity contribution is 0.0447. The fourth-order valence-electron chi connectivity index (χ4n) is 3.76. The highest BCUT2D eigenvalue weighted by Crippen LogP contribution is 2.27. The Bertz CT molecular complexity index is 941. The van der Waals surface area contributed by atoms with E-state index in [-0.39, 0.29) is 0 Å². The molecule has 2 aromatic rings. The number of rotatable bonds is 18. The van der Waals surface area contributed by atoms with Crippen LogP contribution < -0.4 is 9.47 Å². The summed E-state index contributed by atoms with van der Waals surface area (Å²) in [4.78, 5) is 24.7. The van der Waals surface area contributed by atoms with Crippen LogP contribution in [0.15, 0.2) is 42.5 Å². The van der Waals surface area contributed by atoms with Gasteiger partial charge in [0.25, 0.3) is 0 Å². The first kappa shape index (κ1) is 30.7. The molecule has 0 aliphatic rings. The maximum absolute atomic E-state index is 12.6. The molecule has 1 atom stereocenters. The fourth-order valence-corrected chi connectivity index (χ4v) is 4.00. The molecule has 1 unspecified atom stereocenters. The van der Waals surface area contributed by atoms with Crippen LogP contribution in [0.4, 0.5) is 0 Å². The Labute approximate surface area is 227 Å². The summed E-state index contributed by atoms with van der Waals surface area (Å²) in [5.74, 6) is 0.288. The maximum Gasteiger partial charge on any atom is 0.343 e. The molecule has 0 saturated heterocycles. The van der Waals surface area contributed by atoms with Crippen molar-refractivity contribution in [2.75, 3.05) is 13.2 Å². The largest absolute Gasteiger partial charge is 0.492 e. The molecule has 0 amide bonds. The molecule has 0 radical (unpaired) electrons. The zero-order chi connectivity index (χ0) is 26.9. The Morgan fingerprint density at radius 1 is 0.784 bits per heavy atom. The fraction of sp³-hybridized carbons (Fsp3) is 0.548. The summed E-state index contributed by atoms with van der Waals surface area (Å²) in [7, 11) is 0. The van der Waals surface area contributed by atoms with Gasteiger partial charge in [0, 0.05) is 0 Å². The van der Waals surface area contributed by atoms with E-state index in [4.69, 9.17) is 25.8 Å². The summed E-state index contributed by atoms with van der Waals surface area (Å²) in [5.41, 5.74) is 0.739. The van der Waals surface area contributed by atoms with Gasteiger partial charge in [-0.15, -0.1) is 0 Å². The second-order valence-electron chi connectivity index (χ2n) is 9.70. The minimum absolute atomic E-state index is 0.313. The van der Waals surface area contributed by atoms with Gasteiger partial charge in [0.05, 0.1) is 29.4 Å². The Kier molecular flexibility index (Phi) is 14.8. The van der Waals surface area contributed by atoms with Gasteiger partial charge in [0.1, 0.15) is 11.5 Å². The highest BCUT2D eigenvalue weighted by Gasteiger charge is 2.14. The summed E-state index contributed by atoms with van der Waals surface area (Å²) >= 11 is 6.34. The van der Waals surface area contributed by atoms with Crippen molar-refractivity contribution in [2.45, 2.75) is 91.4 Å². The van der Waals surface area contributed by atoms with E-state index in [1.807, 2.05) is 6.92 Å². The quantitative estimate of drug-likeness (QED) is 0.109. The van der Waals surface area contributed by atoms with Gasteiger partial charge in [-0.2, -0.15) is 0 Å². The van der Waals surface area contributed by atoms with Crippen LogP contribution in [0.5, 0.6) is 11.5 Å². The summed E-state index contributed by atoms with van der Waals surface area (Å²) in [6, 6.07) is 11.2. The first-order valence-electron chi connectivity index (χ1n) is 13.9. The first-order valence-corrected chi connectivity index (χ1v) is 14.2. The number of esters is 2. The molecule has 0 spiro atoms. The minimum Gasteiger partial charge on any atom is -0.492 e. The predicted octanol–water partition coefficient (Wildman–Crippen LogP) is 9.06. The van der Waals surface area contributed by atoms with Gasteiger partial charge in [-0.25, -0.2) is 9.59 Å². The molecule has 2 aromatic carbocycles. The molecule has 37 heavy (non-hydrogen) atoms. The van der Waals surface area contributed by atoms with Crippen molar-refractivity contribution in [3.05, 3.63) is 58.6 Å². The van der Waals surface area contributed by atoms with Gasteiger partial charge in [-0.05, 0) is 54.8 Å². The summed E-state index contributed by atoms with van der Waals surface area (Å²) in [6.45, 7) is 7.31. The van der Waals surface area contributed by atoms with E-state index >= 15 is 0 Å². The van der Waals surface area contributed by atoms with Crippen LogP contribution in [0.1, 0.15) is 112 Å². The predicted molar refractivity (Wildman–Crippen MR) is 150 cm³/mol. The van der Waals surface area contributed by atoms with Crippen molar-refractivity contribution in [3.63, 3.8) is 0 Å². The Morgan fingerprint density at radius 3 is 1.97 bits per heavy atom. The third kappa shape index (κ3) is 12.0. The molecular formula is C31H43ClO5. The lowest BCUT2D eigenvalue weighted by Gasteiger charge is -2.11. The van der Waals surface area contributed by atoms with Crippen LogP contribution in [0.25, 0.3) is 0 Å².